The first kappa shape index (κ1) is 14.1. The molecule has 19 heavy (non-hydrogen) atoms. The summed E-state index contributed by atoms with van der Waals surface area (Å²) in [5.41, 5.74) is 0.423. The predicted molar refractivity (Wildman–Crippen MR) is 74.5 cm³/mol. The lowest BCUT2D eigenvalue weighted by molar-refractivity contribution is 0.469. The lowest BCUT2D eigenvalue weighted by atomic mass is 10.2. The van der Waals surface area contributed by atoms with E-state index in [1.807, 2.05) is 0 Å². The summed E-state index contributed by atoms with van der Waals surface area (Å²) < 4.78 is 26.9. The summed E-state index contributed by atoms with van der Waals surface area (Å²) >= 11 is 8.81. The first-order chi connectivity index (χ1) is 8.99. The van der Waals surface area contributed by atoms with Gasteiger partial charge in [-0.25, -0.2) is 8.78 Å². The lowest BCUT2D eigenvalue weighted by Gasteiger charge is -2.11. The SMILES string of the molecule is Oc1cccc(Cl)c1CNc1cc(F)c(Br)cc1F. The molecule has 2 N–H and O–H groups in total. The zero-order valence-electron chi connectivity index (χ0n) is 9.55. The fourth-order valence-corrected chi connectivity index (χ4v) is 2.12. The summed E-state index contributed by atoms with van der Waals surface area (Å²) in [6.45, 7) is 0.0868. The molecule has 0 fully saturated rings. The molecule has 0 bridgehead atoms. The summed E-state index contributed by atoms with van der Waals surface area (Å²) in [6.07, 6.45) is 0. The van der Waals surface area contributed by atoms with Gasteiger partial charge in [0.1, 0.15) is 17.4 Å². The quantitative estimate of drug-likeness (QED) is 0.788. The summed E-state index contributed by atoms with van der Waals surface area (Å²) in [5, 5.41) is 12.7. The van der Waals surface area contributed by atoms with Crippen LogP contribution in [0.3, 0.4) is 0 Å². The van der Waals surface area contributed by atoms with E-state index in [0.717, 1.165) is 12.1 Å². The number of benzene rings is 2. The second kappa shape index (κ2) is 5.75. The number of rotatable bonds is 3. The van der Waals surface area contributed by atoms with Crippen LogP contribution in [0.25, 0.3) is 0 Å². The van der Waals surface area contributed by atoms with Crippen molar-refractivity contribution in [1.29, 1.82) is 0 Å². The average molecular weight is 349 g/mol. The van der Waals surface area contributed by atoms with E-state index < -0.39 is 11.6 Å². The Balaban J connectivity index is 2.22. The molecule has 2 rings (SSSR count). The maximum Gasteiger partial charge on any atom is 0.147 e. The van der Waals surface area contributed by atoms with Crippen molar-refractivity contribution in [3.8, 4) is 5.75 Å². The van der Waals surface area contributed by atoms with E-state index in [4.69, 9.17) is 11.6 Å². The molecule has 0 heterocycles. The Morgan fingerprint density at radius 3 is 2.63 bits per heavy atom. The number of nitrogens with one attached hydrogen (secondary N) is 1. The minimum atomic E-state index is -0.597. The van der Waals surface area contributed by atoms with Gasteiger partial charge in [0.05, 0.1) is 10.2 Å². The van der Waals surface area contributed by atoms with Crippen molar-refractivity contribution in [3.63, 3.8) is 0 Å². The van der Waals surface area contributed by atoms with Gasteiger partial charge in [-0.05, 0) is 34.1 Å². The third-order valence-electron chi connectivity index (χ3n) is 2.56. The zero-order valence-corrected chi connectivity index (χ0v) is 11.9. The number of hydrogen-bond acceptors (Lipinski definition) is 2. The molecule has 0 unspecified atom stereocenters. The van der Waals surface area contributed by atoms with Crippen LogP contribution in [0, 0.1) is 11.6 Å². The fraction of sp³-hybridized carbons (Fsp3) is 0.0769. The predicted octanol–water partition coefficient (Wildman–Crippen LogP) is 4.70. The third kappa shape index (κ3) is 3.16. The summed E-state index contributed by atoms with van der Waals surface area (Å²) in [5.74, 6) is -1.18. The molecule has 2 aromatic carbocycles. The Labute approximate surface area is 122 Å². The molecule has 0 aliphatic heterocycles. The highest BCUT2D eigenvalue weighted by molar-refractivity contribution is 9.10. The van der Waals surface area contributed by atoms with Crippen LogP contribution < -0.4 is 5.32 Å². The van der Waals surface area contributed by atoms with Gasteiger partial charge in [-0.15, -0.1) is 0 Å². The Morgan fingerprint density at radius 1 is 1.21 bits per heavy atom. The molecule has 0 spiro atoms. The summed E-state index contributed by atoms with van der Waals surface area (Å²) in [7, 11) is 0. The van der Waals surface area contributed by atoms with Crippen molar-refractivity contribution < 1.29 is 13.9 Å². The van der Waals surface area contributed by atoms with Crippen LogP contribution in [0.1, 0.15) is 5.56 Å². The average Bonchev–Trinajstić information content (AvgIpc) is 2.34. The van der Waals surface area contributed by atoms with E-state index in [-0.39, 0.29) is 22.5 Å². The van der Waals surface area contributed by atoms with Gasteiger partial charge in [0.2, 0.25) is 0 Å². The molecule has 0 aromatic heterocycles. The number of hydrogen-bond donors (Lipinski definition) is 2. The molecule has 2 aromatic rings. The standard InChI is InChI=1S/C13H9BrClF2NO/c14-8-4-11(17)12(5-10(8)16)18-6-7-9(15)2-1-3-13(7)19/h1-5,18-19H,6H2. The van der Waals surface area contributed by atoms with Gasteiger partial charge in [0, 0.05) is 23.2 Å². The number of halogens is 4. The number of aromatic hydroxyl groups is 1. The molecule has 0 aliphatic carbocycles. The Bertz CT molecular complexity index is 602. The molecule has 0 radical (unpaired) electrons. The summed E-state index contributed by atoms with van der Waals surface area (Å²) in [6, 6.07) is 6.75. The van der Waals surface area contributed by atoms with Crippen LogP contribution in [0.2, 0.25) is 5.02 Å². The molecule has 6 heteroatoms. The monoisotopic (exact) mass is 347 g/mol. The van der Waals surface area contributed by atoms with Gasteiger partial charge in [-0.3, -0.25) is 0 Å². The second-order valence-corrected chi connectivity index (χ2v) is 5.10. The fourth-order valence-electron chi connectivity index (χ4n) is 1.56. The van der Waals surface area contributed by atoms with Crippen molar-refractivity contribution >= 4 is 33.2 Å². The van der Waals surface area contributed by atoms with Gasteiger partial charge >= 0.3 is 0 Å². The first-order valence-electron chi connectivity index (χ1n) is 5.34. The number of phenols is 1. The molecule has 100 valence electrons. The van der Waals surface area contributed by atoms with Crippen molar-refractivity contribution in [2.24, 2.45) is 0 Å². The lowest BCUT2D eigenvalue weighted by Crippen LogP contribution is -2.03. The Kier molecular flexibility index (Phi) is 4.27. The highest BCUT2D eigenvalue weighted by atomic mass is 79.9. The molecule has 2 nitrogen and oxygen atoms in total. The van der Waals surface area contributed by atoms with E-state index in [9.17, 15) is 13.9 Å². The van der Waals surface area contributed by atoms with Crippen LogP contribution in [0.4, 0.5) is 14.5 Å². The van der Waals surface area contributed by atoms with Gasteiger partial charge in [-0.1, -0.05) is 17.7 Å². The van der Waals surface area contributed by atoms with Crippen LogP contribution >= 0.6 is 27.5 Å². The van der Waals surface area contributed by atoms with Gasteiger partial charge < -0.3 is 10.4 Å². The molecule has 0 atom stereocenters. The minimum Gasteiger partial charge on any atom is -0.508 e. The van der Waals surface area contributed by atoms with Crippen molar-refractivity contribution in [2.45, 2.75) is 6.54 Å². The summed E-state index contributed by atoms with van der Waals surface area (Å²) in [4.78, 5) is 0. The van der Waals surface area contributed by atoms with Crippen LogP contribution in [0.15, 0.2) is 34.8 Å². The van der Waals surface area contributed by atoms with Crippen molar-refractivity contribution in [1.82, 2.24) is 0 Å². The largest absolute Gasteiger partial charge is 0.508 e. The maximum absolute atomic E-state index is 13.6. The molecule has 0 amide bonds. The number of anilines is 1. The van der Waals surface area contributed by atoms with Crippen LogP contribution in [0.5, 0.6) is 5.75 Å². The minimum absolute atomic E-state index is 0.0000183. The molecule has 0 saturated heterocycles. The number of phenolic OH excluding ortho intramolecular Hbond substituents is 1. The van der Waals surface area contributed by atoms with E-state index >= 15 is 0 Å². The van der Waals surface area contributed by atoms with Crippen LogP contribution in [-0.2, 0) is 6.54 Å². The van der Waals surface area contributed by atoms with E-state index in [2.05, 4.69) is 21.2 Å². The van der Waals surface area contributed by atoms with E-state index in [0.29, 0.717) is 10.6 Å². The smallest absolute Gasteiger partial charge is 0.147 e. The highest BCUT2D eigenvalue weighted by Gasteiger charge is 2.10. The van der Waals surface area contributed by atoms with E-state index in [1.54, 1.807) is 12.1 Å². The van der Waals surface area contributed by atoms with Gasteiger partial charge in [0.15, 0.2) is 0 Å². The Hall–Kier alpha value is -1.33. The molecular formula is C13H9BrClF2NO. The Morgan fingerprint density at radius 2 is 1.95 bits per heavy atom. The van der Waals surface area contributed by atoms with E-state index in [1.165, 1.54) is 6.07 Å². The molecule has 0 saturated carbocycles. The maximum atomic E-state index is 13.6. The first-order valence-corrected chi connectivity index (χ1v) is 6.51. The highest BCUT2D eigenvalue weighted by Crippen LogP contribution is 2.28. The van der Waals surface area contributed by atoms with Crippen LogP contribution in [-0.4, -0.2) is 5.11 Å². The van der Waals surface area contributed by atoms with Crippen molar-refractivity contribution in [3.05, 3.63) is 57.0 Å². The third-order valence-corrected chi connectivity index (χ3v) is 3.52. The van der Waals surface area contributed by atoms with Gasteiger partial charge in [-0.2, -0.15) is 0 Å². The molecular weight excluding hydrogens is 340 g/mol. The normalized spacial score (nSPS) is 10.5. The topological polar surface area (TPSA) is 32.3 Å². The second-order valence-electron chi connectivity index (χ2n) is 3.84. The van der Waals surface area contributed by atoms with Gasteiger partial charge in [0.25, 0.3) is 0 Å². The molecule has 0 aliphatic rings. The zero-order chi connectivity index (χ0) is 14.0. The van der Waals surface area contributed by atoms with Crippen molar-refractivity contribution in [2.75, 3.05) is 5.32 Å².